The number of ether oxygens (including phenoxy) is 1. The van der Waals surface area contributed by atoms with Gasteiger partial charge in [0.15, 0.2) is 0 Å². The number of thioether (sulfide) groups is 1. The molecule has 0 aliphatic heterocycles. The molecule has 0 bridgehead atoms. The minimum atomic E-state index is -4.19. The number of nitrogens with two attached hydrogens (primary N) is 1. The monoisotopic (exact) mass is 291 g/mol. The average Bonchev–Trinajstić information content (AvgIpc) is 2.34. The van der Waals surface area contributed by atoms with Gasteiger partial charge in [0.1, 0.15) is 5.75 Å². The van der Waals surface area contributed by atoms with Crippen molar-refractivity contribution in [3.63, 3.8) is 0 Å². The van der Waals surface area contributed by atoms with Crippen LogP contribution in [-0.2, 0) is 6.42 Å². The molecule has 106 valence electrons. The van der Waals surface area contributed by atoms with Crippen molar-refractivity contribution in [3.05, 3.63) is 29.3 Å². The van der Waals surface area contributed by atoms with Gasteiger partial charge in [-0.25, -0.2) is 0 Å². The van der Waals surface area contributed by atoms with Crippen molar-refractivity contribution in [3.8, 4) is 5.75 Å². The molecule has 0 aromatic heterocycles. The van der Waals surface area contributed by atoms with E-state index in [1.807, 2.05) is 12.1 Å². The Morgan fingerprint density at radius 3 is 2.89 bits per heavy atom. The molecule has 1 aliphatic rings. The Morgan fingerprint density at radius 1 is 1.37 bits per heavy atom. The summed E-state index contributed by atoms with van der Waals surface area (Å²) in [7, 11) is 0. The summed E-state index contributed by atoms with van der Waals surface area (Å²) >= 11 is -0.0675. The van der Waals surface area contributed by atoms with E-state index in [1.165, 1.54) is 5.56 Å². The number of rotatable bonds is 4. The second kappa shape index (κ2) is 6.05. The van der Waals surface area contributed by atoms with E-state index in [2.05, 4.69) is 0 Å². The van der Waals surface area contributed by atoms with Crippen molar-refractivity contribution in [2.45, 2.75) is 30.8 Å². The highest BCUT2D eigenvalue weighted by molar-refractivity contribution is 8.00. The number of fused-ring (bicyclic) bond motifs is 1. The smallest absolute Gasteiger partial charge is 0.441 e. The molecule has 0 saturated heterocycles. The lowest BCUT2D eigenvalue weighted by Gasteiger charge is -2.22. The van der Waals surface area contributed by atoms with Crippen LogP contribution < -0.4 is 10.5 Å². The fraction of sp³-hybridized carbons (Fsp3) is 0.538. The molecule has 6 heteroatoms. The molecule has 1 aliphatic carbocycles. The number of halogens is 3. The molecule has 2 N–H and O–H groups in total. The highest BCUT2D eigenvalue weighted by Crippen LogP contribution is 2.32. The maximum absolute atomic E-state index is 11.9. The van der Waals surface area contributed by atoms with E-state index in [9.17, 15) is 13.2 Å². The van der Waals surface area contributed by atoms with Crippen molar-refractivity contribution in [2.75, 3.05) is 12.4 Å². The van der Waals surface area contributed by atoms with Crippen LogP contribution in [0, 0.1) is 0 Å². The Labute approximate surface area is 114 Å². The molecule has 1 unspecified atom stereocenters. The second-order valence-electron chi connectivity index (χ2n) is 4.50. The fourth-order valence-electron chi connectivity index (χ4n) is 2.22. The fourth-order valence-corrected chi connectivity index (χ4v) is 2.62. The Balaban J connectivity index is 1.89. The van der Waals surface area contributed by atoms with E-state index >= 15 is 0 Å². The van der Waals surface area contributed by atoms with Crippen molar-refractivity contribution < 1.29 is 17.9 Å². The van der Waals surface area contributed by atoms with Crippen LogP contribution in [-0.4, -0.2) is 17.9 Å². The number of hydrogen-bond acceptors (Lipinski definition) is 3. The van der Waals surface area contributed by atoms with Crippen LogP contribution in [0.2, 0.25) is 0 Å². The zero-order valence-corrected chi connectivity index (χ0v) is 11.2. The van der Waals surface area contributed by atoms with Crippen molar-refractivity contribution >= 4 is 11.8 Å². The van der Waals surface area contributed by atoms with Gasteiger partial charge in [-0.1, -0.05) is 6.07 Å². The number of aryl methyl sites for hydroxylation is 1. The first-order chi connectivity index (χ1) is 8.96. The van der Waals surface area contributed by atoms with Gasteiger partial charge in [0.25, 0.3) is 0 Å². The van der Waals surface area contributed by atoms with Crippen molar-refractivity contribution in [1.82, 2.24) is 0 Å². The molecule has 0 fully saturated rings. The van der Waals surface area contributed by atoms with E-state index in [4.69, 9.17) is 10.5 Å². The molecule has 1 aromatic carbocycles. The molecule has 0 radical (unpaired) electrons. The SMILES string of the molecule is NC1CCCc2ccc(OCCSC(F)(F)F)cc21. The minimum absolute atomic E-state index is 0.0110. The molecule has 1 aromatic rings. The van der Waals surface area contributed by atoms with Crippen LogP contribution in [0.25, 0.3) is 0 Å². The first kappa shape index (κ1) is 14.5. The van der Waals surface area contributed by atoms with E-state index in [0.717, 1.165) is 24.8 Å². The summed E-state index contributed by atoms with van der Waals surface area (Å²) in [6, 6.07) is 5.63. The lowest BCUT2D eigenvalue weighted by Crippen LogP contribution is -2.17. The van der Waals surface area contributed by atoms with Crippen molar-refractivity contribution in [2.24, 2.45) is 5.73 Å². The summed E-state index contributed by atoms with van der Waals surface area (Å²) in [5, 5.41) is 0. The number of hydrogen-bond donors (Lipinski definition) is 1. The molecule has 2 rings (SSSR count). The molecular weight excluding hydrogens is 275 g/mol. The van der Waals surface area contributed by atoms with Gasteiger partial charge in [0, 0.05) is 11.8 Å². The highest BCUT2D eigenvalue weighted by atomic mass is 32.2. The Bertz CT molecular complexity index is 436. The van der Waals surface area contributed by atoms with Gasteiger partial charge in [-0.2, -0.15) is 13.2 Å². The quantitative estimate of drug-likeness (QED) is 0.860. The third-order valence-corrected chi connectivity index (χ3v) is 3.79. The normalized spacial score (nSPS) is 19.1. The molecule has 19 heavy (non-hydrogen) atoms. The summed E-state index contributed by atoms with van der Waals surface area (Å²) in [5.74, 6) is 0.492. The first-order valence-electron chi connectivity index (χ1n) is 6.17. The third-order valence-electron chi connectivity index (χ3n) is 3.10. The molecular formula is C13H16F3NOS. The standard InChI is InChI=1S/C13H16F3NOS/c14-13(15,16)19-7-6-18-10-5-4-9-2-1-3-12(17)11(9)8-10/h4-5,8,12H,1-3,6-7,17H2. The number of benzene rings is 1. The Kier molecular flexibility index (Phi) is 4.62. The van der Waals surface area contributed by atoms with Gasteiger partial charge >= 0.3 is 5.51 Å². The summed E-state index contributed by atoms with van der Waals surface area (Å²) in [6.45, 7) is 0.0399. The summed E-state index contributed by atoms with van der Waals surface area (Å²) in [6.07, 6.45) is 3.03. The van der Waals surface area contributed by atoms with E-state index in [1.54, 1.807) is 6.07 Å². The average molecular weight is 291 g/mol. The molecule has 1 atom stereocenters. The van der Waals surface area contributed by atoms with E-state index in [-0.39, 0.29) is 30.2 Å². The molecule has 0 amide bonds. The van der Waals surface area contributed by atoms with Crippen LogP contribution in [0.4, 0.5) is 13.2 Å². The van der Waals surface area contributed by atoms with Crippen LogP contribution in [0.15, 0.2) is 18.2 Å². The number of alkyl halides is 3. The van der Waals surface area contributed by atoms with Crippen LogP contribution >= 0.6 is 11.8 Å². The van der Waals surface area contributed by atoms with Crippen molar-refractivity contribution in [1.29, 1.82) is 0 Å². The lowest BCUT2D eigenvalue weighted by molar-refractivity contribution is -0.0329. The van der Waals surface area contributed by atoms with E-state index in [0.29, 0.717) is 5.75 Å². The highest BCUT2D eigenvalue weighted by Gasteiger charge is 2.27. The Morgan fingerprint density at radius 2 is 2.16 bits per heavy atom. The van der Waals surface area contributed by atoms with Gasteiger partial charge in [0.2, 0.25) is 0 Å². The molecule has 2 nitrogen and oxygen atoms in total. The van der Waals surface area contributed by atoms with E-state index < -0.39 is 5.51 Å². The van der Waals surface area contributed by atoms with Gasteiger partial charge in [-0.05, 0) is 54.3 Å². The van der Waals surface area contributed by atoms with Crippen LogP contribution in [0.1, 0.15) is 30.0 Å². The van der Waals surface area contributed by atoms with Gasteiger partial charge < -0.3 is 10.5 Å². The van der Waals surface area contributed by atoms with Crippen LogP contribution in [0.3, 0.4) is 0 Å². The largest absolute Gasteiger partial charge is 0.493 e. The second-order valence-corrected chi connectivity index (χ2v) is 5.66. The third kappa shape index (κ3) is 4.31. The zero-order valence-electron chi connectivity index (χ0n) is 10.4. The van der Waals surface area contributed by atoms with Gasteiger partial charge in [-0.3, -0.25) is 0 Å². The Hall–Kier alpha value is -0.880. The molecule has 0 heterocycles. The first-order valence-corrected chi connectivity index (χ1v) is 7.16. The predicted molar refractivity (Wildman–Crippen MR) is 70.3 cm³/mol. The maximum Gasteiger partial charge on any atom is 0.441 e. The molecule has 0 saturated carbocycles. The zero-order chi connectivity index (χ0) is 13.9. The lowest BCUT2D eigenvalue weighted by atomic mass is 9.88. The minimum Gasteiger partial charge on any atom is -0.493 e. The maximum atomic E-state index is 11.9. The summed E-state index contributed by atoms with van der Waals surface area (Å²) in [4.78, 5) is 0. The predicted octanol–water partition coefficient (Wildman–Crippen LogP) is 3.65. The van der Waals surface area contributed by atoms with Crippen LogP contribution in [0.5, 0.6) is 5.75 Å². The summed E-state index contributed by atoms with van der Waals surface area (Å²) < 4.78 is 41.2. The molecule has 0 spiro atoms. The topological polar surface area (TPSA) is 35.2 Å². The van der Waals surface area contributed by atoms with Gasteiger partial charge in [-0.15, -0.1) is 0 Å². The van der Waals surface area contributed by atoms with Gasteiger partial charge in [0.05, 0.1) is 6.61 Å². The summed E-state index contributed by atoms with van der Waals surface area (Å²) in [5.41, 5.74) is 4.11.